The van der Waals surface area contributed by atoms with Crippen molar-refractivity contribution >= 4 is 43.4 Å². The van der Waals surface area contributed by atoms with Crippen LogP contribution in [0.4, 0.5) is 17.5 Å². The van der Waals surface area contributed by atoms with Crippen LogP contribution in [-0.4, -0.2) is 59.6 Å². The quantitative estimate of drug-likeness (QED) is 0.291. The van der Waals surface area contributed by atoms with Crippen molar-refractivity contribution in [1.29, 1.82) is 0 Å². The molecule has 0 unspecified atom stereocenters. The molecule has 11 nitrogen and oxygen atoms in total. The molecular formula is C16H22BrN5O6S. The van der Waals surface area contributed by atoms with Crippen molar-refractivity contribution in [2.45, 2.75) is 30.6 Å². The Labute approximate surface area is 176 Å². The van der Waals surface area contributed by atoms with Crippen LogP contribution in [0.25, 0.3) is 0 Å². The van der Waals surface area contributed by atoms with E-state index in [0.717, 1.165) is 6.07 Å². The minimum absolute atomic E-state index is 0.0836. The summed E-state index contributed by atoms with van der Waals surface area (Å²) in [4.78, 5) is 7.84. The predicted molar refractivity (Wildman–Crippen MR) is 109 cm³/mol. The van der Waals surface area contributed by atoms with E-state index in [1.54, 1.807) is 6.92 Å². The van der Waals surface area contributed by atoms with Gasteiger partial charge in [-0.1, -0.05) is 0 Å². The summed E-state index contributed by atoms with van der Waals surface area (Å²) in [5, 5.41) is 40.3. The second kappa shape index (κ2) is 9.65. The summed E-state index contributed by atoms with van der Waals surface area (Å²) in [6.07, 6.45) is 0.748. The van der Waals surface area contributed by atoms with Crippen LogP contribution in [0.3, 0.4) is 0 Å². The van der Waals surface area contributed by atoms with Gasteiger partial charge in [0.1, 0.15) is 16.5 Å². The first-order chi connectivity index (χ1) is 13.6. The van der Waals surface area contributed by atoms with E-state index in [-0.39, 0.29) is 23.8 Å². The molecule has 1 heterocycles. The number of primary sulfonamides is 1. The van der Waals surface area contributed by atoms with Gasteiger partial charge in [0, 0.05) is 30.6 Å². The lowest BCUT2D eigenvalue weighted by molar-refractivity contribution is 0.106. The first kappa shape index (κ1) is 23.3. The second-order valence-corrected chi connectivity index (χ2v) is 8.50. The van der Waals surface area contributed by atoms with Gasteiger partial charge in [-0.15, -0.1) is 0 Å². The Morgan fingerprint density at radius 3 is 2.62 bits per heavy atom. The standard InChI is InChI=1S/C16H22BrN5O6S/c1-8(24)12(7-28-2)21-15-11(17)5-19-16(22-15)20-10-3-9(6-23)14(13(25)4-10)29(18,26)27/h3-5,8,12,23-25H,6-7H2,1-2H3,(H2,18,26,27)(H2,19,20,21,22)/t8-,12-/m1/s1. The third-order valence-corrected chi connectivity index (χ3v) is 5.47. The Hall–Kier alpha value is -2.03. The molecule has 2 atom stereocenters. The molecule has 29 heavy (non-hydrogen) atoms. The van der Waals surface area contributed by atoms with Crippen LogP contribution in [-0.2, 0) is 21.4 Å². The summed E-state index contributed by atoms with van der Waals surface area (Å²) in [5.41, 5.74) is 0.149. The fourth-order valence-corrected chi connectivity index (χ4v) is 3.65. The largest absolute Gasteiger partial charge is 0.506 e. The Morgan fingerprint density at radius 2 is 2.07 bits per heavy atom. The number of halogens is 1. The topological polar surface area (TPSA) is 180 Å². The number of phenols is 1. The van der Waals surface area contributed by atoms with Crippen LogP contribution in [0.1, 0.15) is 12.5 Å². The molecule has 0 spiro atoms. The van der Waals surface area contributed by atoms with E-state index in [0.29, 0.717) is 10.3 Å². The zero-order chi connectivity index (χ0) is 21.8. The number of ether oxygens (including phenoxy) is 1. The smallest absolute Gasteiger partial charge is 0.242 e. The number of aromatic nitrogens is 2. The summed E-state index contributed by atoms with van der Waals surface area (Å²) in [6.45, 7) is 1.19. The average molecular weight is 492 g/mol. The third kappa shape index (κ3) is 5.98. The van der Waals surface area contributed by atoms with E-state index >= 15 is 0 Å². The van der Waals surface area contributed by atoms with Crippen molar-refractivity contribution in [3.63, 3.8) is 0 Å². The molecule has 13 heteroatoms. The molecule has 7 N–H and O–H groups in total. The van der Waals surface area contributed by atoms with E-state index in [1.807, 2.05) is 0 Å². The van der Waals surface area contributed by atoms with Crippen molar-refractivity contribution in [3.05, 3.63) is 28.4 Å². The maximum Gasteiger partial charge on any atom is 0.242 e. The number of phenolic OH excluding ortho intramolecular Hbond substituents is 1. The minimum atomic E-state index is -4.23. The minimum Gasteiger partial charge on any atom is -0.506 e. The number of nitrogens with two attached hydrogens (primary N) is 1. The molecule has 0 saturated carbocycles. The fraction of sp³-hybridized carbons (Fsp3) is 0.375. The van der Waals surface area contributed by atoms with Gasteiger partial charge in [0.05, 0.1) is 29.8 Å². The number of aromatic hydroxyl groups is 1. The highest BCUT2D eigenvalue weighted by atomic mass is 79.9. The molecular weight excluding hydrogens is 470 g/mol. The van der Waals surface area contributed by atoms with Gasteiger partial charge >= 0.3 is 0 Å². The van der Waals surface area contributed by atoms with Crippen LogP contribution in [0, 0.1) is 0 Å². The van der Waals surface area contributed by atoms with Crippen LogP contribution in [0.15, 0.2) is 27.7 Å². The number of sulfonamides is 1. The van der Waals surface area contributed by atoms with E-state index in [2.05, 4.69) is 36.5 Å². The van der Waals surface area contributed by atoms with Crippen molar-refractivity contribution < 1.29 is 28.5 Å². The third-order valence-electron chi connectivity index (χ3n) is 3.85. The summed E-state index contributed by atoms with van der Waals surface area (Å²) in [6, 6.07) is 2.00. The van der Waals surface area contributed by atoms with Crippen molar-refractivity contribution in [3.8, 4) is 5.75 Å². The van der Waals surface area contributed by atoms with Crippen LogP contribution in [0.5, 0.6) is 5.75 Å². The molecule has 0 fully saturated rings. The molecule has 1 aromatic carbocycles. The molecule has 0 bridgehead atoms. The SMILES string of the molecule is COC[C@@H](Nc1nc(Nc2cc(O)c(S(N)(=O)=O)c(CO)c2)ncc1Br)[C@@H](C)O. The molecule has 160 valence electrons. The molecule has 1 aromatic heterocycles. The number of aliphatic hydroxyl groups excluding tert-OH is 2. The van der Waals surface area contributed by atoms with Crippen molar-refractivity contribution in [2.75, 3.05) is 24.4 Å². The number of nitrogens with zero attached hydrogens (tertiary/aromatic N) is 2. The first-order valence-corrected chi connectivity index (χ1v) is 10.6. The average Bonchev–Trinajstić information content (AvgIpc) is 2.62. The maximum absolute atomic E-state index is 11.6. The van der Waals surface area contributed by atoms with Gasteiger partial charge in [-0.05, 0) is 28.9 Å². The number of hydrogen-bond acceptors (Lipinski definition) is 10. The Balaban J connectivity index is 2.34. The lowest BCUT2D eigenvalue weighted by Gasteiger charge is -2.22. The van der Waals surface area contributed by atoms with Gasteiger partial charge in [0.15, 0.2) is 0 Å². The number of benzene rings is 1. The van der Waals surface area contributed by atoms with E-state index in [1.165, 1.54) is 19.4 Å². The zero-order valence-corrected chi connectivity index (χ0v) is 18.0. The van der Waals surface area contributed by atoms with Crippen molar-refractivity contribution in [2.24, 2.45) is 5.14 Å². The Bertz CT molecular complexity index is 973. The Kier molecular flexibility index (Phi) is 7.73. The molecule has 0 saturated heterocycles. The van der Waals surface area contributed by atoms with Gasteiger partial charge in [-0.3, -0.25) is 0 Å². The number of anilines is 3. The van der Waals surface area contributed by atoms with Gasteiger partial charge in [0.25, 0.3) is 0 Å². The van der Waals surface area contributed by atoms with Gasteiger partial charge in [-0.25, -0.2) is 18.5 Å². The molecule has 2 aromatic rings. The number of rotatable bonds is 9. The summed E-state index contributed by atoms with van der Waals surface area (Å²) >= 11 is 3.32. The van der Waals surface area contributed by atoms with Crippen LogP contribution >= 0.6 is 15.9 Å². The first-order valence-electron chi connectivity index (χ1n) is 8.29. The number of methoxy groups -OCH3 is 1. The number of aliphatic hydroxyl groups is 2. The van der Waals surface area contributed by atoms with Crippen LogP contribution < -0.4 is 15.8 Å². The summed E-state index contributed by atoms with van der Waals surface area (Å²) in [5.74, 6) is -0.131. The number of nitrogens with one attached hydrogen (secondary N) is 2. The molecule has 0 aliphatic rings. The van der Waals surface area contributed by atoms with Gasteiger partial charge < -0.3 is 30.7 Å². The van der Waals surface area contributed by atoms with E-state index in [4.69, 9.17) is 9.88 Å². The highest BCUT2D eigenvalue weighted by Gasteiger charge is 2.21. The summed E-state index contributed by atoms with van der Waals surface area (Å²) in [7, 11) is -2.72. The molecule has 0 aliphatic carbocycles. The van der Waals surface area contributed by atoms with E-state index in [9.17, 15) is 23.7 Å². The lowest BCUT2D eigenvalue weighted by Crippen LogP contribution is -2.36. The zero-order valence-electron chi connectivity index (χ0n) is 15.6. The van der Waals surface area contributed by atoms with Crippen LogP contribution in [0.2, 0.25) is 0 Å². The summed E-state index contributed by atoms with van der Waals surface area (Å²) < 4.78 is 28.8. The Morgan fingerprint density at radius 1 is 1.38 bits per heavy atom. The van der Waals surface area contributed by atoms with Gasteiger partial charge in [0.2, 0.25) is 16.0 Å². The second-order valence-electron chi connectivity index (χ2n) is 6.15. The monoisotopic (exact) mass is 491 g/mol. The molecule has 0 aliphatic heterocycles. The van der Waals surface area contributed by atoms with E-state index < -0.39 is 39.4 Å². The highest BCUT2D eigenvalue weighted by Crippen LogP contribution is 2.31. The normalized spacial score (nSPS) is 13.7. The fourth-order valence-electron chi connectivity index (χ4n) is 2.50. The van der Waals surface area contributed by atoms with Gasteiger partial charge in [-0.2, -0.15) is 4.98 Å². The molecule has 2 rings (SSSR count). The molecule has 0 amide bonds. The lowest BCUT2D eigenvalue weighted by atomic mass is 10.2. The maximum atomic E-state index is 11.6. The highest BCUT2D eigenvalue weighted by molar-refractivity contribution is 9.10. The van der Waals surface area contributed by atoms with Crippen molar-refractivity contribution in [1.82, 2.24) is 9.97 Å². The number of hydrogen-bond donors (Lipinski definition) is 6. The molecule has 0 radical (unpaired) electrons. The predicted octanol–water partition coefficient (Wildman–Crippen LogP) is 0.636.